The molecule has 0 saturated carbocycles. The summed E-state index contributed by atoms with van der Waals surface area (Å²) in [5, 5.41) is 0.773. The highest BCUT2D eigenvalue weighted by Crippen LogP contribution is 2.27. The first-order valence-corrected chi connectivity index (χ1v) is 11.8. The molecule has 3 nitrogen and oxygen atoms in total. The molecule has 0 N–H and O–H groups in total. The van der Waals surface area contributed by atoms with E-state index in [1.807, 2.05) is 18.2 Å². The van der Waals surface area contributed by atoms with E-state index < -0.39 is 0 Å². The van der Waals surface area contributed by atoms with E-state index in [9.17, 15) is 8.78 Å². The van der Waals surface area contributed by atoms with Crippen LogP contribution in [0.4, 0.5) is 14.5 Å². The minimum Gasteiger partial charge on any atom is -0.369 e. The number of piperazine rings is 1. The topological polar surface area (TPSA) is 15.7 Å². The molecule has 6 heteroatoms. The van der Waals surface area contributed by atoms with Gasteiger partial charge in [0.25, 0.3) is 0 Å². The van der Waals surface area contributed by atoms with Crippen molar-refractivity contribution in [3.8, 4) is 0 Å². The zero-order chi connectivity index (χ0) is 23.0. The standard InChI is InChI=1S/C27H29ClF2N2O/c28-23-4-3-5-26(20-23)32-17-15-31(16-18-32)14-1-2-19-33-27(21-6-10-24(29)11-7-21)22-8-12-25(30)13-9-22/h3-13,20,27H,1-2,14-19H2. The van der Waals surface area contributed by atoms with Crippen LogP contribution in [0, 0.1) is 11.6 Å². The fourth-order valence-corrected chi connectivity index (χ4v) is 4.39. The van der Waals surface area contributed by atoms with Crippen LogP contribution in [0.25, 0.3) is 0 Å². The summed E-state index contributed by atoms with van der Waals surface area (Å²) in [7, 11) is 0. The number of benzene rings is 3. The van der Waals surface area contributed by atoms with Gasteiger partial charge in [-0.25, -0.2) is 8.78 Å². The van der Waals surface area contributed by atoms with Gasteiger partial charge >= 0.3 is 0 Å². The Labute approximate surface area is 199 Å². The van der Waals surface area contributed by atoms with Crippen molar-refractivity contribution >= 4 is 17.3 Å². The van der Waals surface area contributed by atoms with Crippen molar-refractivity contribution in [2.24, 2.45) is 0 Å². The van der Waals surface area contributed by atoms with E-state index in [2.05, 4.69) is 15.9 Å². The Kier molecular flexibility index (Phi) is 8.32. The first-order valence-electron chi connectivity index (χ1n) is 11.4. The molecule has 0 unspecified atom stereocenters. The molecule has 0 aromatic heterocycles. The fourth-order valence-electron chi connectivity index (χ4n) is 4.20. The Morgan fingerprint density at radius 2 is 1.39 bits per heavy atom. The lowest BCUT2D eigenvalue weighted by atomic mass is 10.0. The zero-order valence-corrected chi connectivity index (χ0v) is 19.4. The minimum atomic E-state index is -0.340. The molecule has 0 radical (unpaired) electrons. The first kappa shape index (κ1) is 23.7. The Morgan fingerprint density at radius 1 is 0.788 bits per heavy atom. The molecule has 0 aliphatic carbocycles. The van der Waals surface area contributed by atoms with E-state index in [1.165, 1.54) is 30.0 Å². The van der Waals surface area contributed by atoms with Crippen LogP contribution in [0.1, 0.15) is 30.1 Å². The maximum absolute atomic E-state index is 13.4. The molecule has 3 aromatic rings. The van der Waals surface area contributed by atoms with Crippen LogP contribution in [0.5, 0.6) is 0 Å². The van der Waals surface area contributed by atoms with Crippen LogP contribution < -0.4 is 4.90 Å². The Bertz CT molecular complexity index is 960. The smallest absolute Gasteiger partial charge is 0.123 e. The van der Waals surface area contributed by atoms with Gasteiger partial charge in [-0.2, -0.15) is 0 Å². The summed E-state index contributed by atoms with van der Waals surface area (Å²) < 4.78 is 32.9. The molecule has 1 aliphatic heterocycles. The van der Waals surface area contributed by atoms with Crippen molar-refractivity contribution in [1.29, 1.82) is 0 Å². The maximum atomic E-state index is 13.4. The molecule has 3 aromatic carbocycles. The number of nitrogens with zero attached hydrogens (tertiary/aromatic N) is 2. The number of rotatable bonds is 9. The lowest BCUT2D eigenvalue weighted by molar-refractivity contribution is 0.0750. The molecular weight excluding hydrogens is 442 g/mol. The van der Waals surface area contributed by atoms with Gasteiger partial charge in [0.05, 0.1) is 0 Å². The van der Waals surface area contributed by atoms with Gasteiger partial charge in [-0.1, -0.05) is 41.9 Å². The zero-order valence-electron chi connectivity index (χ0n) is 18.6. The molecule has 0 atom stereocenters. The second-order valence-electron chi connectivity index (χ2n) is 8.37. The summed E-state index contributed by atoms with van der Waals surface area (Å²) >= 11 is 6.12. The SMILES string of the molecule is Fc1ccc(C(OCCCCN2CCN(c3cccc(Cl)c3)CC2)c2ccc(F)cc2)cc1. The van der Waals surface area contributed by atoms with E-state index in [0.29, 0.717) is 6.61 Å². The molecule has 0 bridgehead atoms. The molecular formula is C27H29ClF2N2O. The average Bonchev–Trinajstić information content (AvgIpc) is 2.83. The van der Waals surface area contributed by atoms with Crippen molar-refractivity contribution in [2.75, 3.05) is 44.2 Å². The van der Waals surface area contributed by atoms with Crippen LogP contribution in [-0.2, 0) is 4.74 Å². The highest BCUT2D eigenvalue weighted by Gasteiger charge is 2.18. The van der Waals surface area contributed by atoms with E-state index in [-0.39, 0.29) is 17.7 Å². The van der Waals surface area contributed by atoms with Crippen LogP contribution in [0.15, 0.2) is 72.8 Å². The largest absolute Gasteiger partial charge is 0.369 e. The summed E-state index contributed by atoms with van der Waals surface area (Å²) in [4.78, 5) is 4.86. The third kappa shape index (κ3) is 6.76. The van der Waals surface area contributed by atoms with Gasteiger partial charge < -0.3 is 9.64 Å². The van der Waals surface area contributed by atoms with E-state index >= 15 is 0 Å². The van der Waals surface area contributed by atoms with Gasteiger partial charge in [0.2, 0.25) is 0 Å². The predicted molar refractivity (Wildman–Crippen MR) is 130 cm³/mol. The van der Waals surface area contributed by atoms with Crippen molar-refractivity contribution in [2.45, 2.75) is 18.9 Å². The number of hydrogen-bond acceptors (Lipinski definition) is 3. The van der Waals surface area contributed by atoms with Crippen LogP contribution in [0.2, 0.25) is 5.02 Å². The summed E-state index contributed by atoms with van der Waals surface area (Å²) in [5.41, 5.74) is 2.91. The first-order chi connectivity index (χ1) is 16.1. The highest BCUT2D eigenvalue weighted by molar-refractivity contribution is 6.30. The number of unbranched alkanes of at least 4 members (excludes halogenated alkanes) is 1. The van der Waals surface area contributed by atoms with Crippen LogP contribution >= 0.6 is 11.6 Å². The quantitative estimate of drug-likeness (QED) is 0.340. The molecule has 0 amide bonds. The molecule has 33 heavy (non-hydrogen) atoms. The Balaban J connectivity index is 1.23. The van der Waals surface area contributed by atoms with Gasteiger partial charge in [-0.15, -0.1) is 0 Å². The third-order valence-corrected chi connectivity index (χ3v) is 6.28. The van der Waals surface area contributed by atoms with Crippen molar-refractivity contribution in [1.82, 2.24) is 4.90 Å². The van der Waals surface area contributed by atoms with E-state index in [1.54, 1.807) is 24.3 Å². The summed E-state index contributed by atoms with van der Waals surface area (Å²) in [6.07, 6.45) is 1.62. The van der Waals surface area contributed by atoms with Gasteiger partial charge in [0.15, 0.2) is 0 Å². The molecule has 1 fully saturated rings. The monoisotopic (exact) mass is 470 g/mol. The number of ether oxygens (including phenoxy) is 1. The third-order valence-electron chi connectivity index (χ3n) is 6.04. The number of hydrogen-bond donors (Lipinski definition) is 0. The normalized spacial score (nSPS) is 14.7. The molecule has 4 rings (SSSR count). The lowest BCUT2D eigenvalue weighted by Crippen LogP contribution is -2.46. The van der Waals surface area contributed by atoms with Crippen molar-refractivity contribution < 1.29 is 13.5 Å². The summed E-state index contributed by atoms with van der Waals surface area (Å²) in [5.74, 6) is -0.570. The second kappa shape index (κ2) is 11.6. The van der Waals surface area contributed by atoms with Gasteiger partial charge in [-0.3, -0.25) is 4.90 Å². The summed E-state index contributed by atoms with van der Waals surface area (Å²) in [6.45, 7) is 5.66. The predicted octanol–water partition coefficient (Wildman–Crippen LogP) is 6.33. The van der Waals surface area contributed by atoms with Crippen molar-refractivity contribution in [3.05, 3.63) is 101 Å². The van der Waals surface area contributed by atoms with Gasteiger partial charge in [-0.05, 0) is 73.0 Å². The maximum Gasteiger partial charge on any atom is 0.123 e. The molecule has 174 valence electrons. The number of halogens is 3. The van der Waals surface area contributed by atoms with Crippen LogP contribution in [-0.4, -0.2) is 44.2 Å². The highest BCUT2D eigenvalue weighted by atomic mass is 35.5. The van der Waals surface area contributed by atoms with E-state index in [4.69, 9.17) is 16.3 Å². The van der Waals surface area contributed by atoms with Crippen molar-refractivity contribution in [3.63, 3.8) is 0 Å². The van der Waals surface area contributed by atoms with Gasteiger partial charge in [0, 0.05) is 43.5 Å². The average molecular weight is 471 g/mol. The molecule has 0 spiro atoms. The fraction of sp³-hybridized carbons (Fsp3) is 0.333. The minimum absolute atomic E-state index is 0.285. The number of anilines is 1. The lowest BCUT2D eigenvalue weighted by Gasteiger charge is -2.36. The molecule has 1 saturated heterocycles. The Hall–Kier alpha value is -2.47. The Morgan fingerprint density at radius 3 is 1.97 bits per heavy atom. The van der Waals surface area contributed by atoms with Crippen LogP contribution in [0.3, 0.4) is 0 Å². The second-order valence-corrected chi connectivity index (χ2v) is 8.81. The van der Waals surface area contributed by atoms with Gasteiger partial charge in [0.1, 0.15) is 17.7 Å². The molecule has 1 aliphatic rings. The summed E-state index contributed by atoms with van der Waals surface area (Å²) in [6, 6.07) is 20.6. The molecule has 1 heterocycles. The van der Waals surface area contributed by atoms with E-state index in [0.717, 1.165) is 61.7 Å².